The van der Waals surface area contributed by atoms with Crippen LogP contribution in [0.4, 0.5) is 0 Å². The third kappa shape index (κ3) is 3.53. The number of nitrogens with one attached hydrogen (secondary N) is 1. The summed E-state index contributed by atoms with van der Waals surface area (Å²) < 4.78 is 1.61. The molecule has 2 heterocycles. The number of piperidine rings is 1. The first-order chi connectivity index (χ1) is 10.0. The molecule has 1 saturated heterocycles. The average molecular weight is 311 g/mol. The molecule has 0 saturated carbocycles. The number of carbonyl (C=O) groups is 2. The first kappa shape index (κ1) is 15.8. The van der Waals surface area contributed by atoms with Crippen molar-refractivity contribution in [1.29, 1.82) is 0 Å². The van der Waals surface area contributed by atoms with Gasteiger partial charge in [-0.3, -0.25) is 14.4 Å². The van der Waals surface area contributed by atoms with E-state index in [1.807, 2.05) is 6.92 Å². The van der Waals surface area contributed by atoms with Crippen molar-refractivity contribution in [2.75, 3.05) is 13.6 Å². The summed E-state index contributed by atoms with van der Waals surface area (Å²) in [7, 11) is 1.59. The van der Waals surface area contributed by atoms with Crippen LogP contribution in [0.15, 0.2) is 10.2 Å². The van der Waals surface area contributed by atoms with Crippen LogP contribution in [0.5, 0.6) is 0 Å². The van der Waals surface area contributed by atoms with Crippen molar-refractivity contribution in [2.24, 2.45) is 0 Å². The summed E-state index contributed by atoms with van der Waals surface area (Å²) in [4.78, 5) is 37.5. The highest BCUT2D eigenvalue weighted by Gasteiger charge is 2.31. The molecular weight excluding hydrogens is 290 g/mol. The van der Waals surface area contributed by atoms with E-state index in [2.05, 4.69) is 5.32 Å². The van der Waals surface area contributed by atoms with Crippen LogP contribution in [0.2, 0.25) is 0 Å². The lowest BCUT2D eigenvalue weighted by Crippen LogP contribution is -2.51. The predicted octanol–water partition coefficient (Wildman–Crippen LogP) is 0.735. The number of aryl methyl sites for hydroxylation is 1. The Hall–Kier alpha value is -1.63. The SMILES string of the molecule is CNC(=O)C1CCCCN1C(=O)CCn1c(C)csc1=O. The molecule has 1 N–H and O–H groups in total. The van der Waals surface area contributed by atoms with E-state index in [1.54, 1.807) is 21.9 Å². The Bertz CT molecular complexity index is 578. The van der Waals surface area contributed by atoms with Gasteiger partial charge in [0.15, 0.2) is 0 Å². The summed E-state index contributed by atoms with van der Waals surface area (Å²) in [5, 5.41) is 4.41. The van der Waals surface area contributed by atoms with Crippen LogP contribution < -0.4 is 10.2 Å². The molecule has 0 aromatic carbocycles. The van der Waals surface area contributed by atoms with Gasteiger partial charge in [-0.15, -0.1) is 0 Å². The maximum atomic E-state index is 12.4. The fraction of sp³-hybridized carbons (Fsp3) is 0.643. The van der Waals surface area contributed by atoms with Crippen LogP contribution in [0.3, 0.4) is 0 Å². The molecule has 1 atom stereocenters. The van der Waals surface area contributed by atoms with E-state index in [0.717, 1.165) is 29.9 Å². The lowest BCUT2D eigenvalue weighted by atomic mass is 10.0. The number of nitrogens with zero attached hydrogens (tertiary/aromatic N) is 2. The smallest absolute Gasteiger partial charge is 0.307 e. The van der Waals surface area contributed by atoms with Gasteiger partial charge in [0.1, 0.15) is 6.04 Å². The number of carbonyl (C=O) groups excluding carboxylic acids is 2. The van der Waals surface area contributed by atoms with E-state index >= 15 is 0 Å². The minimum Gasteiger partial charge on any atom is -0.357 e. The largest absolute Gasteiger partial charge is 0.357 e. The molecule has 1 aromatic rings. The Morgan fingerprint density at radius 3 is 2.81 bits per heavy atom. The zero-order valence-corrected chi connectivity index (χ0v) is 13.2. The quantitative estimate of drug-likeness (QED) is 0.891. The predicted molar refractivity (Wildman–Crippen MR) is 81.4 cm³/mol. The molecule has 6 nitrogen and oxygen atoms in total. The fourth-order valence-corrected chi connectivity index (χ4v) is 3.46. The Labute approximate surface area is 127 Å². The van der Waals surface area contributed by atoms with Crippen LogP contribution >= 0.6 is 11.3 Å². The molecule has 7 heteroatoms. The summed E-state index contributed by atoms with van der Waals surface area (Å²) in [6, 6.07) is -0.364. The van der Waals surface area contributed by atoms with Gasteiger partial charge in [0.25, 0.3) is 0 Å². The number of likely N-dealkylation sites (tertiary alicyclic amines) is 1. The maximum Gasteiger partial charge on any atom is 0.307 e. The van der Waals surface area contributed by atoms with Crippen molar-refractivity contribution in [1.82, 2.24) is 14.8 Å². The molecule has 0 radical (unpaired) electrons. The van der Waals surface area contributed by atoms with Crippen molar-refractivity contribution >= 4 is 23.2 Å². The van der Waals surface area contributed by atoms with Crippen LogP contribution in [-0.4, -0.2) is 40.9 Å². The molecule has 1 aliphatic rings. The van der Waals surface area contributed by atoms with Crippen molar-refractivity contribution in [3.05, 3.63) is 20.7 Å². The number of amides is 2. The number of thiazole rings is 1. The van der Waals surface area contributed by atoms with Gasteiger partial charge in [-0.25, -0.2) is 0 Å². The molecule has 0 spiro atoms. The van der Waals surface area contributed by atoms with Crippen molar-refractivity contribution < 1.29 is 9.59 Å². The van der Waals surface area contributed by atoms with Gasteiger partial charge in [0.2, 0.25) is 11.8 Å². The van der Waals surface area contributed by atoms with Crippen molar-refractivity contribution in [3.63, 3.8) is 0 Å². The van der Waals surface area contributed by atoms with E-state index in [4.69, 9.17) is 0 Å². The molecule has 1 aliphatic heterocycles. The number of aromatic nitrogens is 1. The summed E-state index contributed by atoms with van der Waals surface area (Å²) in [5.41, 5.74) is 0.874. The molecular formula is C14H21N3O3S. The highest BCUT2D eigenvalue weighted by atomic mass is 32.1. The van der Waals surface area contributed by atoms with Crippen LogP contribution in [0.1, 0.15) is 31.4 Å². The van der Waals surface area contributed by atoms with Gasteiger partial charge in [0, 0.05) is 37.6 Å². The summed E-state index contributed by atoms with van der Waals surface area (Å²) >= 11 is 1.15. The first-order valence-electron chi connectivity index (χ1n) is 7.20. The molecule has 1 unspecified atom stereocenters. The number of rotatable bonds is 4. The van der Waals surface area contributed by atoms with E-state index in [9.17, 15) is 14.4 Å². The molecule has 1 aromatic heterocycles. The molecule has 116 valence electrons. The van der Waals surface area contributed by atoms with Gasteiger partial charge < -0.3 is 14.8 Å². The minimum atomic E-state index is -0.364. The van der Waals surface area contributed by atoms with E-state index in [1.165, 1.54) is 0 Å². The van der Waals surface area contributed by atoms with Crippen molar-refractivity contribution in [2.45, 2.75) is 45.2 Å². The topological polar surface area (TPSA) is 71.4 Å². The average Bonchev–Trinajstić information content (AvgIpc) is 2.82. The lowest BCUT2D eigenvalue weighted by molar-refractivity contribution is -0.142. The van der Waals surface area contributed by atoms with Gasteiger partial charge in [-0.1, -0.05) is 11.3 Å². The second kappa shape index (κ2) is 6.89. The van der Waals surface area contributed by atoms with Crippen LogP contribution in [0.25, 0.3) is 0 Å². The number of hydrogen-bond donors (Lipinski definition) is 1. The zero-order valence-electron chi connectivity index (χ0n) is 12.4. The maximum absolute atomic E-state index is 12.4. The highest BCUT2D eigenvalue weighted by Crippen LogP contribution is 2.18. The molecule has 2 amide bonds. The van der Waals surface area contributed by atoms with Gasteiger partial charge in [0.05, 0.1) is 0 Å². The van der Waals surface area contributed by atoms with Gasteiger partial charge >= 0.3 is 4.87 Å². The standard InChI is InChI=1S/C14H21N3O3S/c1-10-9-21-14(20)16(10)8-6-12(18)17-7-4-3-5-11(17)13(19)15-2/h9,11H,3-8H2,1-2H3,(H,15,19). The normalized spacial score (nSPS) is 18.6. The van der Waals surface area contributed by atoms with E-state index < -0.39 is 0 Å². The second-order valence-electron chi connectivity index (χ2n) is 5.26. The first-order valence-corrected chi connectivity index (χ1v) is 8.08. The highest BCUT2D eigenvalue weighted by molar-refractivity contribution is 7.07. The van der Waals surface area contributed by atoms with Crippen LogP contribution in [0, 0.1) is 6.92 Å². The van der Waals surface area contributed by atoms with E-state index in [-0.39, 0.29) is 29.1 Å². The molecule has 2 rings (SSSR count). The van der Waals surface area contributed by atoms with Gasteiger partial charge in [-0.05, 0) is 26.2 Å². The fourth-order valence-electron chi connectivity index (χ4n) is 2.69. The Morgan fingerprint density at radius 1 is 1.43 bits per heavy atom. The third-order valence-electron chi connectivity index (χ3n) is 3.90. The summed E-state index contributed by atoms with van der Waals surface area (Å²) in [6.45, 7) is 2.86. The zero-order chi connectivity index (χ0) is 15.4. The molecule has 0 aliphatic carbocycles. The van der Waals surface area contributed by atoms with Gasteiger partial charge in [-0.2, -0.15) is 0 Å². The number of likely N-dealkylation sites (N-methyl/N-ethyl adjacent to an activating group) is 1. The summed E-state index contributed by atoms with van der Waals surface area (Å²) in [6.07, 6.45) is 2.86. The second-order valence-corrected chi connectivity index (χ2v) is 6.08. The Balaban J connectivity index is 2.01. The molecule has 1 fully saturated rings. The van der Waals surface area contributed by atoms with Crippen LogP contribution in [-0.2, 0) is 16.1 Å². The Morgan fingerprint density at radius 2 is 2.19 bits per heavy atom. The number of hydrogen-bond acceptors (Lipinski definition) is 4. The summed E-state index contributed by atoms with van der Waals surface area (Å²) in [5.74, 6) is -0.160. The molecule has 0 bridgehead atoms. The third-order valence-corrected chi connectivity index (χ3v) is 4.78. The van der Waals surface area contributed by atoms with Crippen molar-refractivity contribution in [3.8, 4) is 0 Å². The molecule has 21 heavy (non-hydrogen) atoms. The van der Waals surface area contributed by atoms with E-state index in [0.29, 0.717) is 19.5 Å². The minimum absolute atomic E-state index is 0.0400. The Kier molecular flexibility index (Phi) is 5.17. The monoisotopic (exact) mass is 311 g/mol. The lowest BCUT2D eigenvalue weighted by Gasteiger charge is -2.34.